The van der Waals surface area contributed by atoms with E-state index in [1.807, 2.05) is 31.2 Å². The van der Waals surface area contributed by atoms with Gasteiger partial charge in [-0.05, 0) is 37.5 Å². The molecule has 1 fully saturated rings. The number of pyridine rings is 1. The van der Waals surface area contributed by atoms with E-state index in [-0.39, 0.29) is 23.6 Å². The van der Waals surface area contributed by atoms with Gasteiger partial charge in [0.2, 0.25) is 0 Å². The average Bonchev–Trinajstić information content (AvgIpc) is 3.14. The topological polar surface area (TPSA) is 71.1 Å². The number of nitrogens with one attached hydrogen (secondary N) is 2. The van der Waals surface area contributed by atoms with E-state index in [0.717, 1.165) is 31.2 Å². The normalized spacial score (nSPS) is 14.3. The molecular formula is C20H23N3O2. The summed E-state index contributed by atoms with van der Waals surface area (Å²) in [5.74, 6) is -0.419. The molecule has 0 bridgehead atoms. The van der Waals surface area contributed by atoms with E-state index in [1.165, 1.54) is 11.8 Å². The van der Waals surface area contributed by atoms with Crippen LogP contribution in [0.2, 0.25) is 0 Å². The molecule has 1 aromatic heterocycles. The van der Waals surface area contributed by atoms with E-state index >= 15 is 0 Å². The Morgan fingerprint density at radius 2 is 1.80 bits per heavy atom. The van der Waals surface area contributed by atoms with Gasteiger partial charge in [0.25, 0.3) is 11.8 Å². The Morgan fingerprint density at radius 1 is 1.08 bits per heavy atom. The predicted octanol–water partition coefficient (Wildman–Crippen LogP) is 2.99. The third-order valence-electron chi connectivity index (χ3n) is 4.52. The number of aromatic nitrogens is 1. The minimum Gasteiger partial charge on any atom is -0.348 e. The highest BCUT2D eigenvalue weighted by Gasteiger charge is 2.19. The van der Waals surface area contributed by atoms with Crippen LogP contribution in [0.15, 0.2) is 42.6 Å². The summed E-state index contributed by atoms with van der Waals surface area (Å²) in [6.07, 6.45) is 5.84. The van der Waals surface area contributed by atoms with Crippen molar-refractivity contribution in [3.8, 4) is 0 Å². The van der Waals surface area contributed by atoms with Gasteiger partial charge in [0, 0.05) is 24.3 Å². The van der Waals surface area contributed by atoms with Crippen molar-refractivity contribution in [2.45, 2.75) is 45.2 Å². The summed E-state index contributed by atoms with van der Waals surface area (Å²) in [6, 6.07) is 11.4. The molecule has 1 saturated carbocycles. The fraction of sp³-hybridized carbons (Fsp3) is 0.350. The van der Waals surface area contributed by atoms with Crippen LogP contribution in [-0.4, -0.2) is 22.8 Å². The number of carbonyl (C=O) groups excluding carboxylic acids is 2. The Morgan fingerprint density at radius 3 is 2.52 bits per heavy atom. The first-order valence-electron chi connectivity index (χ1n) is 8.72. The summed E-state index contributed by atoms with van der Waals surface area (Å²) >= 11 is 0. The van der Waals surface area contributed by atoms with Crippen LogP contribution in [0.3, 0.4) is 0 Å². The van der Waals surface area contributed by atoms with Gasteiger partial charge in [-0.2, -0.15) is 0 Å². The van der Waals surface area contributed by atoms with Crippen molar-refractivity contribution < 1.29 is 9.59 Å². The Kier molecular flexibility index (Phi) is 5.43. The summed E-state index contributed by atoms with van der Waals surface area (Å²) in [7, 11) is 0. The highest BCUT2D eigenvalue weighted by Crippen LogP contribution is 2.18. The molecule has 25 heavy (non-hydrogen) atoms. The van der Waals surface area contributed by atoms with Crippen molar-refractivity contribution in [3.63, 3.8) is 0 Å². The zero-order valence-corrected chi connectivity index (χ0v) is 14.4. The van der Waals surface area contributed by atoms with Crippen LogP contribution in [0.5, 0.6) is 0 Å². The van der Waals surface area contributed by atoms with Crippen molar-refractivity contribution in [2.75, 3.05) is 0 Å². The molecule has 2 amide bonds. The van der Waals surface area contributed by atoms with Crippen LogP contribution in [0.1, 0.15) is 57.7 Å². The maximum absolute atomic E-state index is 12.3. The van der Waals surface area contributed by atoms with Crippen molar-refractivity contribution in [2.24, 2.45) is 0 Å². The van der Waals surface area contributed by atoms with Gasteiger partial charge in [-0.25, -0.2) is 0 Å². The van der Waals surface area contributed by atoms with Crippen molar-refractivity contribution >= 4 is 11.8 Å². The molecule has 3 rings (SSSR count). The number of benzene rings is 1. The summed E-state index contributed by atoms with van der Waals surface area (Å²) in [5, 5.41) is 5.87. The molecule has 0 saturated heterocycles. The van der Waals surface area contributed by atoms with E-state index in [9.17, 15) is 9.59 Å². The van der Waals surface area contributed by atoms with Crippen LogP contribution in [0.4, 0.5) is 0 Å². The van der Waals surface area contributed by atoms with E-state index in [1.54, 1.807) is 12.1 Å². The Balaban J connectivity index is 1.60. The molecule has 5 heteroatoms. The summed E-state index contributed by atoms with van der Waals surface area (Å²) in [6.45, 7) is 2.47. The Labute approximate surface area is 147 Å². The Hall–Kier alpha value is -2.69. The minimum atomic E-state index is -0.210. The van der Waals surface area contributed by atoms with Gasteiger partial charge in [-0.1, -0.05) is 42.7 Å². The molecule has 0 atom stereocenters. The van der Waals surface area contributed by atoms with Crippen molar-refractivity contribution in [1.82, 2.24) is 15.6 Å². The van der Waals surface area contributed by atoms with Crippen LogP contribution in [0, 0.1) is 6.92 Å². The maximum atomic E-state index is 12.3. The van der Waals surface area contributed by atoms with Crippen LogP contribution in [0.25, 0.3) is 0 Å². The fourth-order valence-electron chi connectivity index (χ4n) is 3.02. The first-order chi connectivity index (χ1) is 12.1. The van der Waals surface area contributed by atoms with E-state index in [0.29, 0.717) is 12.1 Å². The lowest BCUT2D eigenvalue weighted by atomic mass is 10.1. The average molecular weight is 337 g/mol. The lowest BCUT2D eigenvalue weighted by Crippen LogP contribution is -2.33. The zero-order chi connectivity index (χ0) is 17.6. The smallest absolute Gasteiger partial charge is 0.270 e. The van der Waals surface area contributed by atoms with Gasteiger partial charge in [0.15, 0.2) is 0 Å². The van der Waals surface area contributed by atoms with Crippen molar-refractivity contribution in [3.05, 3.63) is 65.0 Å². The molecule has 1 aliphatic rings. The molecule has 0 unspecified atom stereocenters. The van der Waals surface area contributed by atoms with E-state index in [2.05, 4.69) is 15.6 Å². The SMILES string of the molecule is Cc1ccc(CNC(=O)c2ccnc(C(=O)NC3CCCC3)c2)cc1. The monoisotopic (exact) mass is 337 g/mol. The predicted molar refractivity (Wildman–Crippen MR) is 96.3 cm³/mol. The van der Waals surface area contributed by atoms with Gasteiger partial charge < -0.3 is 10.6 Å². The molecular weight excluding hydrogens is 314 g/mol. The van der Waals surface area contributed by atoms with Crippen LogP contribution < -0.4 is 10.6 Å². The lowest BCUT2D eigenvalue weighted by Gasteiger charge is -2.12. The van der Waals surface area contributed by atoms with Gasteiger partial charge in [-0.3, -0.25) is 14.6 Å². The number of nitrogens with zero attached hydrogens (tertiary/aromatic N) is 1. The molecule has 2 N–H and O–H groups in total. The maximum Gasteiger partial charge on any atom is 0.270 e. The summed E-state index contributed by atoms with van der Waals surface area (Å²) in [5.41, 5.74) is 2.95. The molecule has 1 aliphatic carbocycles. The highest BCUT2D eigenvalue weighted by atomic mass is 16.2. The van der Waals surface area contributed by atoms with Gasteiger partial charge in [-0.15, -0.1) is 0 Å². The van der Waals surface area contributed by atoms with Crippen molar-refractivity contribution in [1.29, 1.82) is 0 Å². The van der Waals surface area contributed by atoms with Crippen LogP contribution in [-0.2, 0) is 6.54 Å². The standard InChI is InChI=1S/C20H23N3O2/c1-14-6-8-15(9-7-14)13-22-19(24)16-10-11-21-18(12-16)20(25)23-17-4-2-3-5-17/h6-12,17H,2-5,13H2,1H3,(H,22,24)(H,23,25). The molecule has 0 radical (unpaired) electrons. The van der Waals surface area contributed by atoms with Gasteiger partial charge >= 0.3 is 0 Å². The number of hydrogen-bond donors (Lipinski definition) is 2. The lowest BCUT2D eigenvalue weighted by molar-refractivity contribution is 0.0933. The fourth-order valence-corrected chi connectivity index (χ4v) is 3.02. The minimum absolute atomic E-state index is 0.208. The second-order valence-electron chi connectivity index (χ2n) is 6.55. The number of aryl methyl sites for hydroxylation is 1. The molecule has 1 aromatic carbocycles. The summed E-state index contributed by atoms with van der Waals surface area (Å²) in [4.78, 5) is 28.7. The molecule has 0 spiro atoms. The zero-order valence-electron chi connectivity index (χ0n) is 14.4. The third-order valence-corrected chi connectivity index (χ3v) is 4.52. The first kappa shape index (κ1) is 17.1. The Bertz CT molecular complexity index is 750. The van der Waals surface area contributed by atoms with Gasteiger partial charge in [0.05, 0.1) is 0 Å². The molecule has 5 nitrogen and oxygen atoms in total. The first-order valence-corrected chi connectivity index (χ1v) is 8.72. The summed E-state index contributed by atoms with van der Waals surface area (Å²) < 4.78 is 0. The number of hydrogen-bond acceptors (Lipinski definition) is 3. The molecule has 1 heterocycles. The number of rotatable bonds is 5. The number of carbonyl (C=O) groups is 2. The van der Waals surface area contributed by atoms with E-state index < -0.39 is 0 Å². The molecule has 2 aromatic rings. The number of amides is 2. The molecule has 130 valence electrons. The molecule has 0 aliphatic heterocycles. The second kappa shape index (κ2) is 7.92. The highest BCUT2D eigenvalue weighted by molar-refractivity contribution is 5.98. The van der Waals surface area contributed by atoms with Gasteiger partial charge in [0.1, 0.15) is 5.69 Å². The second-order valence-corrected chi connectivity index (χ2v) is 6.55. The quantitative estimate of drug-likeness (QED) is 0.881. The van der Waals surface area contributed by atoms with Crippen LogP contribution >= 0.6 is 0 Å². The largest absolute Gasteiger partial charge is 0.348 e. The third kappa shape index (κ3) is 4.66. The van der Waals surface area contributed by atoms with E-state index in [4.69, 9.17) is 0 Å².